The molecule has 2 aromatic carbocycles. The lowest BCUT2D eigenvalue weighted by atomic mass is 10.1. The molecule has 3 aromatic rings. The molecule has 0 fully saturated rings. The minimum atomic E-state index is 0.529. The van der Waals surface area contributed by atoms with Crippen LogP contribution >= 0.6 is 0 Å². The van der Waals surface area contributed by atoms with Gasteiger partial charge in [0.05, 0.1) is 44.0 Å². The van der Waals surface area contributed by atoms with Crippen LogP contribution in [0.4, 0.5) is 0 Å². The maximum absolute atomic E-state index is 8.98. The number of nitriles is 1. The van der Waals surface area contributed by atoms with Gasteiger partial charge < -0.3 is 19.2 Å². The Hall–Kier alpha value is -3.20. The van der Waals surface area contributed by atoms with Crippen LogP contribution in [0.1, 0.15) is 5.56 Å². The van der Waals surface area contributed by atoms with Crippen LogP contribution in [-0.2, 0) is 0 Å². The molecule has 0 saturated heterocycles. The number of nitrogens with zero attached hydrogens (tertiary/aromatic N) is 2. The van der Waals surface area contributed by atoms with Crippen molar-refractivity contribution in [3.63, 3.8) is 0 Å². The van der Waals surface area contributed by atoms with Gasteiger partial charge in [-0.1, -0.05) is 0 Å². The quantitative estimate of drug-likeness (QED) is 0.801. The molecule has 0 aliphatic rings. The third kappa shape index (κ3) is 2.53. The molecular weight excluding hydrogens is 294 g/mol. The summed E-state index contributed by atoms with van der Waals surface area (Å²) in [5, 5.41) is 8.98. The lowest BCUT2D eigenvalue weighted by molar-refractivity contribution is 0.324. The predicted molar refractivity (Wildman–Crippen MR) is 85.9 cm³/mol. The average molecular weight is 309 g/mol. The number of benzene rings is 2. The Morgan fingerprint density at radius 1 is 1.00 bits per heavy atom. The molecule has 6 nitrogen and oxygen atoms in total. The summed E-state index contributed by atoms with van der Waals surface area (Å²) >= 11 is 0. The molecule has 23 heavy (non-hydrogen) atoms. The number of methoxy groups -OCH3 is 3. The van der Waals surface area contributed by atoms with E-state index in [1.54, 1.807) is 33.5 Å². The van der Waals surface area contributed by atoms with Crippen LogP contribution in [-0.4, -0.2) is 31.3 Å². The minimum Gasteiger partial charge on any atom is -0.493 e. The van der Waals surface area contributed by atoms with Gasteiger partial charge in [-0.05, 0) is 30.3 Å². The Morgan fingerprint density at radius 3 is 2.26 bits per heavy atom. The van der Waals surface area contributed by atoms with Crippen LogP contribution in [0.2, 0.25) is 0 Å². The molecule has 0 saturated carbocycles. The number of hydrogen-bond acceptors (Lipinski definition) is 5. The van der Waals surface area contributed by atoms with Crippen molar-refractivity contribution >= 4 is 11.0 Å². The molecular formula is C17H15N3O3. The van der Waals surface area contributed by atoms with Crippen LogP contribution in [0.15, 0.2) is 30.3 Å². The van der Waals surface area contributed by atoms with Gasteiger partial charge >= 0.3 is 0 Å². The molecule has 0 aliphatic carbocycles. The second-order valence-corrected chi connectivity index (χ2v) is 4.84. The standard InChI is InChI=1S/C17H15N3O3/c1-21-14-7-11(8-15(22-2)16(14)23-3)17-19-12-5-4-10(9-18)6-13(12)20-17/h4-8H,1-3H3,(H,19,20). The molecule has 3 rings (SSSR count). The van der Waals surface area contributed by atoms with Gasteiger partial charge in [0.2, 0.25) is 5.75 Å². The summed E-state index contributed by atoms with van der Waals surface area (Å²) in [5.74, 6) is 2.30. The maximum Gasteiger partial charge on any atom is 0.203 e. The summed E-state index contributed by atoms with van der Waals surface area (Å²) in [6.07, 6.45) is 0. The van der Waals surface area contributed by atoms with Gasteiger partial charge in [-0.15, -0.1) is 0 Å². The van der Waals surface area contributed by atoms with Crippen LogP contribution < -0.4 is 14.2 Å². The number of ether oxygens (including phenoxy) is 3. The highest BCUT2D eigenvalue weighted by molar-refractivity contribution is 5.81. The smallest absolute Gasteiger partial charge is 0.203 e. The summed E-state index contributed by atoms with van der Waals surface area (Å²) in [6, 6.07) is 11.1. The van der Waals surface area contributed by atoms with E-state index in [1.807, 2.05) is 18.2 Å². The molecule has 0 amide bonds. The van der Waals surface area contributed by atoms with E-state index in [-0.39, 0.29) is 0 Å². The van der Waals surface area contributed by atoms with Gasteiger partial charge in [0.1, 0.15) is 5.82 Å². The molecule has 0 bridgehead atoms. The molecule has 0 aliphatic heterocycles. The first-order valence-corrected chi connectivity index (χ1v) is 6.90. The van der Waals surface area contributed by atoms with Crippen molar-refractivity contribution in [3.8, 4) is 34.7 Å². The monoisotopic (exact) mass is 309 g/mol. The first-order valence-electron chi connectivity index (χ1n) is 6.90. The number of aromatic nitrogens is 2. The number of imidazole rings is 1. The Bertz CT molecular complexity index is 884. The lowest BCUT2D eigenvalue weighted by Gasteiger charge is -2.13. The summed E-state index contributed by atoms with van der Waals surface area (Å²) < 4.78 is 16.0. The normalized spacial score (nSPS) is 10.3. The second kappa shape index (κ2) is 5.89. The second-order valence-electron chi connectivity index (χ2n) is 4.84. The van der Waals surface area contributed by atoms with E-state index in [0.717, 1.165) is 16.6 Å². The Morgan fingerprint density at radius 2 is 1.70 bits per heavy atom. The topological polar surface area (TPSA) is 80.2 Å². The summed E-state index contributed by atoms with van der Waals surface area (Å²) in [7, 11) is 4.70. The zero-order chi connectivity index (χ0) is 16.4. The maximum atomic E-state index is 8.98. The van der Waals surface area contributed by atoms with Crippen LogP contribution in [0.5, 0.6) is 17.2 Å². The van der Waals surface area contributed by atoms with Crippen molar-refractivity contribution < 1.29 is 14.2 Å². The van der Waals surface area contributed by atoms with Gasteiger partial charge in [0.15, 0.2) is 11.5 Å². The number of rotatable bonds is 4. The van der Waals surface area contributed by atoms with Gasteiger partial charge in [0, 0.05) is 5.56 Å². The van der Waals surface area contributed by atoms with E-state index in [1.165, 1.54) is 0 Å². The zero-order valence-electron chi connectivity index (χ0n) is 13.0. The fourth-order valence-corrected chi connectivity index (χ4v) is 2.43. The fourth-order valence-electron chi connectivity index (χ4n) is 2.43. The SMILES string of the molecule is COc1cc(-c2nc3ccc(C#N)cc3[nH]2)cc(OC)c1OC. The third-order valence-electron chi connectivity index (χ3n) is 3.55. The van der Waals surface area contributed by atoms with Crippen molar-refractivity contribution in [1.29, 1.82) is 5.26 Å². The molecule has 0 spiro atoms. The number of nitrogens with one attached hydrogen (secondary N) is 1. The van der Waals surface area contributed by atoms with Gasteiger partial charge in [0.25, 0.3) is 0 Å². The Balaban J connectivity index is 2.16. The van der Waals surface area contributed by atoms with Gasteiger partial charge in [-0.25, -0.2) is 4.98 Å². The average Bonchev–Trinajstić information content (AvgIpc) is 3.03. The molecule has 0 radical (unpaired) electrons. The highest BCUT2D eigenvalue weighted by atomic mass is 16.5. The first kappa shape index (κ1) is 14.7. The zero-order valence-corrected chi connectivity index (χ0v) is 13.0. The van der Waals surface area contributed by atoms with Crippen molar-refractivity contribution in [2.75, 3.05) is 21.3 Å². The summed E-state index contributed by atoms with van der Waals surface area (Å²) in [4.78, 5) is 7.76. The van der Waals surface area contributed by atoms with Crippen LogP contribution in [0, 0.1) is 11.3 Å². The summed E-state index contributed by atoms with van der Waals surface area (Å²) in [6.45, 7) is 0. The van der Waals surface area contributed by atoms with Crippen molar-refractivity contribution in [2.45, 2.75) is 0 Å². The number of fused-ring (bicyclic) bond motifs is 1. The molecule has 6 heteroatoms. The highest BCUT2D eigenvalue weighted by Gasteiger charge is 2.16. The van der Waals surface area contributed by atoms with Crippen molar-refractivity contribution in [1.82, 2.24) is 9.97 Å². The van der Waals surface area contributed by atoms with E-state index in [4.69, 9.17) is 19.5 Å². The molecule has 116 valence electrons. The molecule has 0 unspecified atom stereocenters. The molecule has 1 aromatic heterocycles. The van der Waals surface area contributed by atoms with E-state index < -0.39 is 0 Å². The van der Waals surface area contributed by atoms with E-state index in [0.29, 0.717) is 28.6 Å². The number of aromatic amines is 1. The largest absolute Gasteiger partial charge is 0.493 e. The lowest BCUT2D eigenvalue weighted by Crippen LogP contribution is -1.96. The highest BCUT2D eigenvalue weighted by Crippen LogP contribution is 2.40. The fraction of sp³-hybridized carbons (Fsp3) is 0.176. The Kier molecular flexibility index (Phi) is 3.77. The van der Waals surface area contributed by atoms with Crippen molar-refractivity contribution in [2.24, 2.45) is 0 Å². The van der Waals surface area contributed by atoms with Crippen molar-refractivity contribution in [3.05, 3.63) is 35.9 Å². The first-order chi connectivity index (χ1) is 11.2. The van der Waals surface area contributed by atoms with Crippen LogP contribution in [0.3, 0.4) is 0 Å². The number of H-pyrrole nitrogens is 1. The molecule has 0 atom stereocenters. The van der Waals surface area contributed by atoms with Gasteiger partial charge in [-0.2, -0.15) is 5.26 Å². The van der Waals surface area contributed by atoms with Crippen LogP contribution in [0.25, 0.3) is 22.4 Å². The predicted octanol–water partition coefficient (Wildman–Crippen LogP) is 3.13. The van der Waals surface area contributed by atoms with E-state index in [9.17, 15) is 0 Å². The van der Waals surface area contributed by atoms with E-state index in [2.05, 4.69) is 16.0 Å². The van der Waals surface area contributed by atoms with Gasteiger partial charge in [-0.3, -0.25) is 0 Å². The Labute approximate surface area is 133 Å². The third-order valence-corrected chi connectivity index (χ3v) is 3.55. The molecule has 1 heterocycles. The summed E-state index contributed by atoms with van der Waals surface area (Å²) in [5.41, 5.74) is 2.97. The minimum absolute atomic E-state index is 0.529. The number of hydrogen-bond donors (Lipinski definition) is 1. The van der Waals surface area contributed by atoms with E-state index >= 15 is 0 Å². The molecule has 1 N–H and O–H groups in total.